The summed E-state index contributed by atoms with van der Waals surface area (Å²) in [5.41, 5.74) is 0. The molecule has 0 aromatic carbocycles. The molecular weight excluding hydrogens is 296 g/mol. The van der Waals surface area contributed by atoms with Crippen LogP contribution in [0, 0.1) is 0 Å². The molecule has 3 amide bonds. The Bertz CT molecular complexity index is 513. The van der Waals surface area contributed by atoms with Crippen LogP contribution in [0.1, 0.15) is 19.8 Å². The third kappa shape index (κ3) is 3.72. The number of amides is 3. The number of piperazine rings is 1. The highest BCUT2D eigenvalue weighted by Gasteiger charge is 2.38. The molecule has 0 saturated carbocycles. The smallest absolute Gasteiger partial charge is 0.325 e. The van der Waals surface area contributed by atoms with Crippen LogP contribution in [0.2, 0.25) is 0 Å². The molecule has 2 aliphatic rings. The van der Waals surface area contributed by atoms with Crippen LogP contribution < -0.4 is 5.32 Å². The van der Waals surface area contributed by atoms with E-state index in [1.807, 2.05) is 11.8 Å². The molecule has 0 aliphatic carbocycles. The summed E-state index contributed by atoms with van der Waals surface area (Å²) in [6, 6.07) is -0.774. The van der Waals surface area contributed by atoms with E-state index in [1.165, 1.54) is 15.5 Å². The van der Waals surface area contributed by atoms with Crippen LogP contribution in [-0.2, 0) is 14.8 Å². The summed E-state index contributed by atoms with van der Waals surface area (Å²) in [4.78, 5) is 27.1. The van der Waals surface area contributed by atoms with Crippen LogP contribution in [0.4, 0.5) is 4.79 Å². The van der Waals surface area contributed by atoms with E-state index >= 15 is 0 Å². The van der Waals surface area contributed by atoms with Crippen molar-refractivity contribution in [2.75, 3.05) is 39.1 Å². The van der Waals surface area contributed by atoms with E-state index in [9.17, 15) is 18.0 Å². The number of imide groups is 1. The van der Waals surface area contributed by atoms with E-state index < -0.39 is 16.1 Å². The second-order valence-electron chi connectivity index (χ2n) is 5.48. The number of hydrogen-bond acceptors (Lipinski definition) is 5. The Labute approximate surface area is 125 Å². The predicted molar refractivity (Wildman–Crippen MR) is 76.9 cm³/mol. The van der Waals surface area contributed by atoms with Gasteiger partial charge < -0.3 is 5.32 Å². The minimum absolute atomic E-state index is 0.188. The number of carbonyl (C=O) groups excluding carboxylic acids is 2. The molecular formula is C12H22N4O4S. The lowest BCUT2D eigenvalue weighted by Gasteiger charge is -2.34. The molecule has 2 fully saturated rings. The summed E-state index contributed by atoms with van der Waals surface area (Å²) in [6.07, 6.45) is 2.66. The van der Waals surface area contributed by atoms with Crippen LogP contribution in [0.15, 0.2) is 0 Å². The third-order valence-electron chi connectivity index (χ3n) is 3.83. The van der Waals surface area contributed by atoms with Crippen molar-refractivity contribution in [3.8, 4) is 0 Å². The summed E-state index contributed by atoms with van der Waals surface area (Å²) in [5.74, 6) is -0.188. The van der Waals surface area contributed by atoms with Gasteiger partial charge in [-0.15, -0.1) is 0 Å². The van der Waals surface area contributed by atoms with Gasteiger partial charge in [-0.2, -0.15) is 4.31 Å². The Balaban J connectivity index is 1.89. The van der Waals surface area contributed by atoms with E-state index in [4.69, 9.17) is 0 Å². The van der Waals surface area contributed by atoms with E-state index in [2.05, 4.69) is 5.32 Å². The average Bonchev–Trinajstić information content (AvgIpc) is 2.67. The van der Waals surface area contributed by atoms with Crippen molar-refractivity contribution in [2.45, 2.75) is 25.8 Å². The molecule has 0 aromatic heterocycles. The lowest BCUT2D eigenvalue weighted by atomic mass is 10.2. The minimum atomic E-state index is -3.17. The van der Waals surface area contributed by atoms with Crippen molar-refractivity contribution in [2.24, 2.45) is 0 Å². The number of carbonyl (C=O) groups is 2. The first-order valence-corrected chi connectivity index (χ1v) is 8.97. The van der Waals surface area contributed by atoms with Gasteiger partial charge in [-0.3, -0.25) is 9.69 Å². The number of hydrogen-bond donors (Lipinski definition) is 1. The molecule has 120 valence electrons. The van der Waals surface area contributed by atoms with Crippen molar-refractivity contribution in [3.63, 3.8) is 0 Å². The maximum atomic E-state index is 12.1. The van der Waals surface area contributed by atoms with Gasteiger partial charge in [-0.25, -0.2) is 18.1 Å². The fraction of sp³-hybridized carbons (Fsp3) is 0.833. The molecule has 1 unspecified atom stereocenters. The molecule has 0 spiro atoms. The molecule has 8 nitrogen and oxygen atoms in total. The number of nitrogens with zero attached hydrogens (tertiary/aromatic N) is 3. The van der Waals surface area contributed by atoms with Gasteiger partial charge in [0.1, 0.15) is 6.04 Å². The highest BCUT2D eigenvalue weighted by molar-refractivity contribution is 7.88. The minimum Gasteiger partial charge on any atom is -0.326 e. The summed E-state index contributed by atoms with van der Waals surface area (Å²) in [6.45, 7) is 4.00. The van der Waals surface area contributed by atoms with Crippen LogP contribution in [-0.4, -0.2) is 79.6 Å². The summed E-state index contributed by atoms with van der Waals surface area (Å²) < 4.78 is 24.3. The molecule has 0 aromatic rings. The van der Waals surface area contributed by atoms with Gasteiger partial charge in [0, 0.05) is 26.2 Å². The predicted octanol–water partition coefficient (Wildman–Crippen LogP) is -0.758. The van der Waals surface area contributed by atoms with Crippen LogP contribution >= 0.6 is 0 Å². The lowest BCUT2D eigenvalue weighted by Crippen LogP contribution is -2.52. The van der Waals surface area contributed by atoms with Gasteiger partial charge in [0.15, 0.2) is 0 Å². The fourth-order valence-corrected chi connectivity index (χ4v) is 3.42. The first-order chi connectivity index (χ1) is 9.82. The molecule has 1 N–H and O–H groups in total. The summed E-state index contributed by atoms with van der Waals surface area (Å²) in [5, 5.41) is 2.68. The number of urea groups is 1. The van der Waals surface area contributed by atoms with Gasteiger partial charge in [0.25, 0.3) is 5.91 Å². The normalized spacial score (nSPS) is 25.4. The van der Waals surface area contributed by atoms with Crippen LogP contribution in [0.25, 0.3) is 0 Å². The van der Waals surface area contributed by atoms with Crippen molar-refractivity contribution in [3.05, 3.63) is 0 Å². The SMILES string of the molecule is CCCC1NC(=O)N(CN2CCN(S(C)(=O)=O)CC2)C1=O. The first-order valence-electron chi connectivity index (χ1n) is 7.12. The van der Waals surface area contributed by atoms with Crippen LogP contribution in [0.3, 0.4) is 0 Å². The zero-order valence-corrected chi connectivity index (χ0v) is 13.2. The Morgan fingerprint density at radius 3 is 2.33 bits per heavy atom. The van der Waals surface area contributed by atoms with Gasteiger partial charge in [0.2, 0.25) is 10.0 Å². The molecule has 2 heterocycles. The maximum absolute atomic E-state index is 12.1. The Kier molecular flexibility index (Phi) is 4.84. The third-order valence-corrected chi connectivity index (χ3v) is 5.13. The lowest BCUT2D eigenvalue weighted by molar-refractivity contribution is -0.129. The van der Waals surface area contributed by atoms with Gasteiger partial charge >= 0.3 is 6.03 Å². The standard InChI is InChI=1S/C12H22N4O4S/c1-3-4-10-11(17)16(12(18)13-10)9-14-5-7-15(8-6-14)21(2,19)20/h10H,3-9H2,1-2H3,(H,13,18). The quantitative estimate of drug-likeness (QED) is 0.673. The molecule has 21 heavy (non-hydrogen) atoms. The molecule has 1 atom stereocenters. The Morgan fingerprint density at radius 1 is 1.19 bits per heavy atom. The molecule has 2 rings (SSSR count). The largest absolute Gasteiger partial charge is 0.326 e. The Morgan fingerprint density at radius 2 is 1.81 bits per heavy atom. The van der Waals surface area contributed by atoms with E-state index in [-0.39, 0.29) is 18.6 Å². The fourth-order valence-electron chi connectivity index (χ4n) is 2.60. The summed E-state index contributed by atoms with van der Waals surface area (Å²) in [7, 11) is -3.17. The van der Waals surface area contributed by atoms with E-state index in [0.717, 1.165) is 6.42 Å². The topological polar surface area (TPSA) is 90.0 Å². The van der Waals surface area contributed by atoms with Gasteiger partial charge in [-0.05, 0) is 6.42 Å². The number of nitrogens with one attached hydrogen (secondary N) is 1. The zero-order valence-electron chi connectivity index (χ0n) is 12.4. The average molecular weight is 318 g/mol. The molecule has 2 saturated heterocycles. The van der Waals surface area contributed by atoms with Gasteiger partial charge in [-0.1, -0.05) is 13.3 Å². The summed E-state index contributed by atoms with van der Waals surface area (Å²) >= 11 is 0. The van der Waals surface area contributed by atoms with Crippen molar-refractivity contribution < 1.29 is 18.0 Å². The monoisotopic (exact) mass is 318 g/mol. The first kappa shape index (κ1) is 16.2. The highest BCUT2D eigenvalue weighted by atomic mass is 32.2. The van der Waals surface area contributed by atoms with E-state index in [0.29, 0.717) is 32.6 Å². The molecule has 9 heteroatoms. The van der Waals surface area contributed by atoms with E-state index in [1.54, 1.807) is 0 Å². The van der Waals surface area contributed by atoms with Crippen LogP contribution in [0.5, 0.6) is 0 Å². The zero-order chi connectivity index (χ0) is 15.6. The maximum Gasteiger partial charge on any atom is 0.325 e. The molecule has 0 bridgehead atoms. The van der Waals surface area contributed by atoms with Crippen molar-refractivity contribution in [1.29, 1.82) is 0 Å². The van der Waals surface area contributed by atoms with Crippen molar-refractivity contribution in [1.82, 2.24) is 19.4 Å². The molecule has 0 radical (unpaired) electrons. The second kappa shape index (κ2) is 6.29. The number of sulfonamides is 1. The second-order valence-corrected chi connectivity index (χ2v) is 7.46. The highest BCUT2D eigenvalue weighted by Crippen LogP contribution is 2.13. The molecule has 2 aliphatic heterocycles. The van der Waals surface area contributed by atoms with Gasteiger partial charge in [0.05, 0.1) is 12.9 Å². The van der Waals surface area contributed by atoms with Crippen molar-refractivity contribution >= 4 is 22.0 Å². The Hall–Kier alpha value is -1.19. The number of rotatable bonds is 5.